The van der Waals surface area contributed by atoms with Gasteiger partial charge in [0.1, 0.15) is 17.6 Å². The van der Waals surface area contributed by atoms with Crippen LogP contribution in [0.2, 0.25) is 0 Å². The molecule has 3 heteroatoms. The van der Waals surface area contributed by atoms with Crippen LogP contribution in [0.15, 0.2) is 48.5 Å². The highest BCUT2D eigenvalue weighted by atomic mass is 16.5. The molecule has 0 aromatic heterocycles. The van der Waals surface area contributed by atoms with Gasteiger partial charge in [-0.2, -0.15) is 0 Å². The molecule has 21 heavy (non-hydrogen) atoms. The molecule has 1 aliphatic heterocycles. The fourth-order valence-corrected chi connectivity index (χ4v) is 2.77. The Morgan fingerprint density at radius 1 is 1.05 bits per heavy atom. The van der Waals surface area contributed by atoms with E-state index in [0.29, 0.717) is 6.10 Å². The van der Waals surface area contributed by atoms with E-state index in [9.17, 15) is 0 Å². The Bertz CT molecular complexity index is 609. The van der Waals surface area contributed by atoms with Gasteiger partial charge in [0.2, 0.25) is 0 Å². The van der Waals surface area contributed by atoms with Crippen molar-refractivity contribution >= 4 is 0 Å². The molecule has 2 aromatic carbocycles. The summed E-state index contributed by atoms with van der Waals surface area (Å²) in [6, 6.07) is 16.2. The Balaban J connectivity index is 1.46. The number of nitrogens with two attached hydrogens (primary N) is 1. The molecule has 0 radical (unpaired) electrons. The lowest BCUT2D eigenvalue weighted by Crippen LogP contribution is -2.29. The van der Waals surface area contributed by atoms with E-state index in [1.165, 1.54) is 18.4 Å². The number of para-hydroxylation sites is 1. The summed E-state index contributed by atoms with van der Waals surface area (Å²) in [6.07, 6.45) is 3.66. The minimum atomic E-state index is -0.118. The van der Waals surface area contributed by atoms with E-state index < -0.39 is 0 Å². The van der Waals surface area contributed by atoms with Crippen molar-refractivity contribution in [1.29, 1.82) is 0 Å². The molecule has 0 saturated heterocycles. The van der Waals surface area contributed by atoms with E-state index in [1.54, 1.807) is 0 Å². The number of fused-ring (bicyclic) bond motifs is 1. The molecule has 108 valence electrons. The van der Waals surface area contributed by atoms with E-state index in [0.717, 1.165) is 23.5 Å². The first-order chi connectivity index (χ1) is 10.3. The normalized spacial score (nSPS) is 21.5. The predicted octanol–water partition coefficient (Wildman–Crippen LogP) is 3.23. The van der Waals surface area contributed by atoms with Crippen LogP contribution in [0.3, 0.4) is 0 Å². The Hall–Kier alpha value is -2.00. The maximum Gasteiger partial charge on any atom is 0.123 e. The zero-order valence-electron chi connectivity index (χ0n) is 11.9. The molecule has 0 spiro atoms. The SMILES string of the molecule is NC(c1ccc(OC2CC2)cc1)C1Cc2ccccc2O1. The van der Waals surface area contributed by atoms with Gasteiger partial charge in [0.25, 0.3) is 0 Å². The molecule has 1 aliphatic carbocycles. The summed E-state index contributed by atoms with van der Waals surface area (Å²) in [4.78, 5) is 0. The maximum atomic E-state index is 6.38. The average Bonchev–Trinajstić information content (AvgIpc) is 3.22. The zero-order chi connectivity index (χ0) is 14.2. The van der Waals surface area contributed by atoms with Crippen LogP contribution >= 0.6 is 0 Å². The number of rotatable bonds is 4. The van der Waals surface area contributed by atoms with E-state index in [4.69, 9.17) is 15.2 Å². The minimum Gasteiger partial charge on any atom is -0.490 e. The van der Waals surface area contributed by atoms with Crippen molar-refractivity contribution in [1.82, 2.24) is 0 Å². The van der Waals surface area contributed by atoms with Crippen molar-refractivity contribution in [2.24, 2.45) is 5.73 Å². The van der Waals surface area contributed by atoms with Gasteiger partial charge in [0.05, 0.1) is 12.1 Å². The second kappa shape index (κ2) is 5.08. The van der Waals surface area contributed by atoms with Crippen molar-refractivity contribution in [2.45, 2.75) is 37.5 Å². The fraction of sp³-hybridized carbons (Fsp3) is 0.333. The van der Waals surface area contributed by atoms with Crippen molar-refractivity contribution in [3.8, 4) is 11.5 Å². The van der Waals surface area contributed by atoms with E-state index in [2.05, 4.69) is 18.2 Å². The van der Waals surface area contributed by atoms with Crippen molar-refractivity contribution in [3.63, 3.8) is 0 Å². The van der Waals surface area contributed by atoms with Gasteiger partial charge >= 0.3 is 0 Å². The third-order valence-electron chi connectivity index (χ3n) is 4.16. The molecule has 4 rings (SSSR count). The number of benzene rings is 2. The van der Waals surface area contributed by atoms with Crippen LogP contribution < -0.4 is 15.2 Å². The van der Waals surface area contributed by atoms with E-state index in [-0.39, 0.29) is 12.1 Å². The van der Waals surface area contributed by atoms with Crippen LogP contribution in [0.5, 0.6) is 11.5 Å². The van der Waals surface area contributed by atoms with Gasteiger partial charge in [-0.15, -0.1) is 0 Å². The third kappa shape index (κ3) is 2.61. The molecule has 0 bridgehead atoms. The molecule has 1 fully saturated rings. The summed E-state index contributed by atoms with van der Waals surface area (Å²) in [7, 11) is 0. The minimum absolute atomic E-state index is 0.0117. The summed E-state index contributed by atoms with van der Waals surface area (Å²) in [5.41, 5.74) is 8.71. The van der Waals surface area contributed by atoms with Gasteiger partial charge in [-0.25, -0.2) is 0 Å². The largest absolute Gasteiger partial charge is 0.490 e. The van der Waals surface area contributed by atoms with Gasteiger partial charge in [0.15, 0.2) is 0 Å². The highest BCUT2D eigenvalue weighted by molar-refractivity contribution is 5.39. The van der Waals surface area contributed by atoms with Crippen LogP contribution in [0.4, 0.5) is 0 Å². The molecule has 2 aromatic rings. The molecule has 0 amide bonds. The molecule has 1 saturated carbocycles. The number of hydrogen-bond donors (Lipinski definition) is 1. The third-order valence-corrected chi connectivity index (χ3v) is 4.16. The van der Waals surface area contributed by atoms with E-state index >= 15 is 0 Å². The van der Waals surface area contributed by atoms with Crippen molar-refractivity contribution < 1.29 is 9.47 Å². The lowest BCUT2D eigenvalue weighted by molar-refractivity contribution is 0.199. The number of ether oxygens (including phenoxy) is 2. The molecule has 2 aliphatic rings. The average molecular weight is 281 g/mol. The Morgan fingerprint density at radius 3 is 2.52 bits per heavy atom. The van der Waals surface area contributed by atoms with Gasteiger partial charge in [0, 0.05) is 6.42 Å². The van der Waals surface area contributed by atoms with E-state index in [1.807, 2.05) is 30.3 Å². The molecular weight excluding hydrogens is 262 g/mol. The van der Waals surface area contributed by atoms with Gasteiger partial charge in [-0.1, -0.05) is 30.3 Å². The Labute approximate surface area is 124 Å². The van der Waals surface area contributed by atoms with Crippen LogP contribution in [0.1, 0.15) is 30.0 Å². The van der Waals surface area contributed by atoms with Gasteiger partial charge < -0.3 is 15.2 Å². The standard InChI is InChI=1S/C18H19NO2/c19-18(17-11-13-3-1-2-4-16(13)21-17)12-5-7-14(8-6-12)20-15-9-10-15/h1-8,15,17-18H,9-11,19H2. The first-order valence-electron chi connectivity index (χ1n) is 7.56. The molecule has 2 N–H and O–H groups in total. The molecule has 1 heterocycles. The Kier molecular flexibility index (Phi) is 3.08. The summed E-state index contributed by atoms with van der Waals surface area (Å²) in [5.74, 6) is 1.90. The van der Waals surface area contributed by atoms with Gasteiger partial charge in [-0.05, 0) is 42.2 Å². The predicted molar refractivity (Wildman–Crippen MR) is 81.6 cm³/mol. The quantitative estimate of drug-likeness (QED) is 0.935. The first kappa shape index (κ1) is 12.7. The van der Waals surface area contributed by atoms with Crippen LogP contribution in [-0.2, 0) is 6.42 Å². The topological polar surface area (TPSA) is 44.5 Å². The molecule has 2 unspecified atom stereocenters. The summed E-state index contributed by atoms with van der Waals surface area (Å²) in [5, 5.41) is 0. The van der Waals surface area contributed by atoms with Crippen LogP contribution in [-0.4, -0.2) is 12.2 Å². The summed E-state index contributed by atoms with van der Waals surface area (Å²) < 4.78 is 11.7. The monoisotopic (exact) mass is 281 g/mol. The summed E-state index contributed by atoms with van der Waals surface area (Å²) >= 11 is 0. The van der Waals surface area contributed by atoms with Gasteiger partial charge in [-0.3, -0.25) is 0 Å². The Morgan fingerprint density at radius 2 is 1.81 bits per heavy atom. The first-order valence-corrected chi connectivity index (χ1v) is 7.56. The fourth-order valence-electron chi connectivity index (χ4n) is 2.77. The van der Waals surface area contributed by atoms with Crippen LogP contribution in [0.25, 0.3) is 0 Å². The molecule has 3 nitrogen and oxygen atoms in total. The van der Waals surface area contributed by atoms with Crippen LogP contribution in [0, 0.1) is 0 Å². The highest BCUT2D eigenvalue weighted by Crippen LogP contribution is 2.34. The highest BCUT2D eigenvalue weighted by Gasteiger charge is 2.29. The lowest BCUT2D eigenvalue weighted by atomic mass is 9.98. The summed E-state index contributed by atoms with van der Waals surface area (Å²) in [6.45, 7) is 0. The number of hydrogen-bond acceptors (Lipinski definition) is 3. The molecular formula is C18H19NO2. The molecule has 2 atom stereocenters. The maximum absolute atomic E-state index is 6.38. The van der Waals surface area contributed by atoms with Crippen molar-refractivity contribution in [2.75, 3.05) is 0 Å². The zero-order valence-corrected chi connectivity index (χ0v) is 11.9. The lowest BCUT2D eigenvalue weighted by Gasteiger charge is -2.19. The second-order valence-corrected chi connectivity index (χ2v) is 5.88. The second-order valence-electron chi connectivity index (χ2n) is 5.88. The van der Waals surface area contributed by atoms with Crippen molar-refractivity contribution in [3.05, 3.63) is 59.7 Å². The smallest absolute Gasteiger partial charge is 0.123 e.